The molecule has 2 heterocycles. The van der Waals surface area contributed by atoms with E-state index < -0.39 is 28.8 Å². The van der Waals surface area contributed by atoms with Crippen LogP contribution in [0.3, 0.4) is 0 Å². The lowest BCUT2D eigenvalue weighted by Gasteiger charge is -2.51. The molecule has 3 atom stereocenters. The first-order chi connectivity index (χ1) is 17.5. The molecular weight excluding hydrogens is 506 g/mol. The molecule has 38 heavy (non-hydrogen) atoms. The minimum atomic E-state index is -1.11. The van der Waals surface area contributed by atoms with Crippen molar-refractivity contribution in [3.63, 3.8) is 0 Å². The van der Waals surface area contributed by atoms with Crippen LogP contribution in [-0.2, 0) is 19.9 Å². The molecule has 212 valence electrons. The molecule has 3 rings (SSSR count). The number of benzene rings is 1. The minimum Gasteiger partial charge on any atom is -0.444 e. The number of ether oxygens (including phenoxy) is 1. The highest BCUT2D eigenvalue weighted by atomic mass is 35.5. The van der Waals surface area contributed by atoms with Crippen molar-refractivity contribution in [3.8, 4) is 0 Å². The van der Waals surface area contributed by atoms with Gasteiger partial charge in [-0.25, -0.2) is 4.79 Å². The second kappa shape index (κ2) is 11.4. The molecular formula is C29H44ClN3O5. The minimum absolute atomic E-state index is 0.123. The van der Waals surface area contributed by atoms with Crippen LogP contribution in [0.4, 0.5) is 4.79 Å². The summed E-state index contributed by atoms with van der Waals surface area (Å²) in [7, 11) is 0. The molecule has 2 aliphatic rings. The first-order valence-corrected chi connectivity index (χ1v) is 14.0. The summed E-state index contributed by atoms with van der Waals surface area (Å²) in [5, 5.41) is 15.2. The third kappa shape index (κ3) is 6.81. The van der Waals surface area contributed by atoms with E-state index in [-0.39, 0.29) is 30.2 Å². The fraction of sp³-hybridized carbons (Fsp3) is 0.690. The highest BCUT2D eigenvalue weighted by Gasteiger charge is 2.50. The van der Waals surface area contributed by atoms with E-state index >= 15 is 0 Å². The number of amides is 3. The predicted octanol–water partition coefficient (Wildman–Crippen LogP) is 4.72. The van der Waals surface area contributed by atoms with Gasteiger partial charge in [-0.2, -0.15) is 0 Å². The number of likely N-dealkylation sites (tertiary alicyclic amines) is 2. The molecule has 0 aliphatic carbocycles. The Kier molecular flexibility index (Phi) is 9.09. The van der Waals surface area contributed by atoms with Crippen LogP contribution in [0.5, 0.6) is 0 Å². The van der Waals surface area contributed by atoms with E-state index in [1.807, 2.05) is 60.6 Å². The van der Waals surface area contributed by atoms with E-state index in [0.29, 0.717) is 31.1 Å². The monoisotopic (exact) mass is 549 g/mol. The first kappa shape index (κ1) is 30.2. The summed E-state index contributed by atoms with van der Waals surface area (Å²) >= 11 is 6.05. The standard InChI is InChI=1S/C29H44ClN3O5/c1-19(2)24(31-23(34)17-22-9-8-15-33(22)26(36)38-27(3,4)5)25(35)32-16-14-29(37,28(6,7)18-32)20-10-12-21(30)13-11-20/h10-13,19,22,24,37H,8-9,14-18H2,1-7H3,(H,31,34). The number of hydrogen-bond acceptors (Lipinski definition) is 5. The van der Waals surface area contributed by atoms with E-state index in [4.69, 9.17) is 16.3 Å². The quantitative estimate of drug-likeness (QED) is 0.535. The number of nitrogens with one attached hydrogen (secondary N) is 1. The Hall–Kier alpha value is -2.32. The van der Waals surface area contributed by atoms with Gasteiger partial charge in [0.25, 0.3) is 0 Å². The van der Waals surface area contributed by atoms with Crippen LogP contribution >= 0.6 is 11.6 Å². The molecule has 3 amide bonds. The average molecular weight is 550 g/mol. The molecule has 8 nitrogen and oxygen atoms in total. The van der Waals surface area contributed by atoms with Crippen LogP contribution in [0.2, 0.25) is 5.02 Å². The summed E-state index contributed by atoms with van der Waals surface area (Å²) in [6.07, 6.45) is 1.61. The zero-order chi connectivity index (χ0) is 28.5. The SMILES string of the molecule is CC(C)C(NC(=O)CC1CCCN1C(=O)OC(C)(C)C)C(=O)N1CCC(O)(c2ccc(Cl)cc2)C(C)(C)C1. The van der Waals surface area contributed by atoms with Crippen molar-refractivity contribution in [2.45, 2.75) is 97.4 Å². The molecule has 3 unspecified atom stereocenters. The predicted molar refractivity (Wildman–Crippen MR) is 148 cm³/mol. The Labute approximate surface area is 232 Å². The molecule has 2 N–H and O–H groups in total. The molecule has 0 saturated carbocycles. The number of carbonyl (C=O) groups excluding carboxylic acids is 3. The number of aliphatic hydroxyl groups is 1. The summed E-state index contributed by atoms with van der Waals surface area (Å²) in [5.41, 5.74) is -1.57. The van der Waals surface area contributed by atoms with Gasteiger partial charge in [0.05, 0.1) is 5.60 Å². The van der Waals surface area contributed by atoms with Gasteiger partial charge in [0, 0.05) is 42.5 Å². The zero-order valence-corrected chi connectivity index (χ0v) is 24.6. The zero-order valence-electron chi connectivity index (χ0n) is 23.8. The molecule has 9 heteroatoms. The molecule has 2 saturated heterocycles. The fourth-order valence-corrected chi connectivity index (χ4v) is 5.66. The highest BCUT2D eigenvalue weighted by molar-refractivity contribution is 6.30. The van der Waals surface area contributed by atoms with Crippen molar-refractivity contribution >= 4 is 29.5 Å². The van der Waals surface area contributed by atoms with E-state index in [1.54, 1.807) is 21.9 Å². The Bertz CT molecular complexity index is 1020. The molecule has 1 aromatic rings. The Morgan fingerprint density at radius 2 is 1.79 bits per heavy atom. The van der Waals surface area contributed by atoms with E-state index in [9.17, 15) is 19.5 Å². The lowest BCUT2D eigenvalue weighted by Crippen LogP contribution is -2.60. The second-order valence-corrected chi connectivity index (χ2v) is 13.2. The lowest BCUT2D eigenvalue weighted by molar-refractivity contribution is -0.156. The van der Waals surface area contributed by atoms with Gasteiger partial charge in [-0.05, 0) is 63.6 Å². The Balaban J connectivity index is 1.66. The summed E-state index contributed by atoms with van der Waals surface area (Å²) in [5.74, 6) is -0.543. The van der Waals surface area contributed by atoms with Gasteiger partial charge in [-0.15, -0.1) is 0 Å². The van der Waals surface area contributed by atoms with Gasteiger partial charge in [-0.1, -0.05) is 51.4 Å². The lowest BCUT2D eigenvalue weighted by atomic mass is 9.66. The number of piperidine rings is 1. The largest absolute Gasteiger partial charge is 0.444 e. The van der Waals surface area contributed by atoms with Crippen molar-refractivity contribution in [1.29, 1.82) is 0 Å². The molecule has 2 fully saturated rings. The maximum absolute atomic E-state index is 13.6. The van der Waals surface area contributed by atoms with Crippen molar-refractivity contribution in [2.75, 3.05) is 19.6 Å². The normalized spacial score (nSPS) is 24.3. The number of carbonyl (C=O) groups is 3. The molecule has 0 spiro atoms. The van der Waals surface area contributed by atoms with Crippen LogP contribution in [-0.4, -0.2) is 70.1 Å². The number of halogens is 1. The van der Waals surface area contributed by atoms with Crippen molar-refractivity contribution < 1.29 is 24.2 Å². The van der Waals surface area contributed by atoms with E-state index in [1.165, 1.54) is 0 Å². The van der Waals surface area contributed by atoms with Crippen molar-refractivity contribution in [3.05, 3.63) is 34.9 Å². The molecule has 0 aromatic heterocycles. The van der Waals surface area contributed by atoms with Crippen molar-refractivity contribution in [2.24, 2.45) is 11.3 Å². The van der Waals surface area contributed by atoms with Gasteiger partial charge in [0.2, 0.25) is 11.8 Å². The number of hydrogen-bond donors (Lipinski definition) is 2. The van der Waals surface area contributed by atoms with Crippen LogP contribution in [0, 0.1) is 11.3 Å². The highest BCUT2D eigenvalue weighted by Crippen LogP contribution is 2.46. The summed E-state index contributed by atoms with van der Waals surface area (Å²) in [4.78, 5) is 42.7. The van der Waals surface area contributed by atoms with E-state index in [0.717, 1.165) is 18.4 Å². The van der Waals surface area contributed by atoms with Gasteiger partial charge in [-0.3, -0.25) is 9.59 Å². The van der Waals surface area contributed by atoms with Crippen LogP contribution in [0.1, 0.15) is 79.7 Å². The van der Waals surface area contributed by atoms with Gasteiger partial charge >= 0.3 is 6.09 Å². The number of rotatable bonds is 6. The third-order valence-corrected chi connectivity index (χ3v) is 8.01. The van der Waals surface area contributed by atoms with Gasteiger partial charge in [0.15, 0.2) is 0 Å². The summed E-state index contributed by atoms with van der Waals surface area (Å²) < 4.78 is 5.51. The van der Waals surface area contributed by atoms with Crippen LogP contribution in [0.15, 0.2) is 24.3 Å². The maximum Gasteiger partial charge on any atom is 0.410 e. The van der Waals surface area contributed by atoms with Crippen LogP contribution in [0.25, 0.3) is 0 Å². The average Bonchev–Trinajstić information content (AvgIpc) is 3.26. The third-order valence-electron chi connectivity index (χ3n) is 7.76. The molecule has 2 aliphatic heterocycles. The topological polar surface area (TPSA) is 99.2 Å². The fourth-order valence-electron chi connectivity index (χ4n) is 5.54. The smallest absolute Gasteiger partial charge is 0.410 e. The number of nitrogens with zero attached hydrogens (tertiary/aromatic N) is 2. The Morgan fingerprint density at radius 1 is 1.16 bits per heavy atom. The second-order valence-electron chi connectivity index (χ2n) is 12.7. The first-order valence-electron chi connectivity index (χ1n) is 13.6. The maximum atomic E-state index is 13.6. The molecule has 0 radical (unpaired) electrons. The molecule has 1 aromatic carbocycles. The van der Waals surface area contributed by atoms with Crippen LogP contribution < -0.4 is 5.32 Å². The molecule has 0 bridgehead atoms. The Morgan fingerprint density at radius 3 is 2.34 bits per heavy atom. The van der Waals surface area contributed by atoms with E-state index in [2.05, 4.69) is 5.32 Å². The van der Waals surface area contributed by atoms with Crippen molar-refractivity contribution in [1.82, 2.24) is 15.1 Å². The summed E-state index contributed by atoms with van der Waals surface area (Å²) in [6.45, 7) is 14.5. The summed E-state index contributed by atoms with van der Waals surface area (Å²) in [6, 6.07) is 6.25. The van der Waals surface area contributed by atoms with Gasteiger partial charge < -0.3 is 25.0 Å². The van der Waals surface area contributed by atoms with Gasteiger partial charge in [0.1, 0.15) is 11.6 Å².